The summed E-state index contributed by atoms with van der Waals surface area (Å²) in [6.07, 6.45) is 0.877. The zero-order valence-electron chi connectivity index (χ0n) is 19.7. The summed E-state index contributed by atoms with van der Waals surface area (Å²) in [5, 5.41) is 0.792. The summed E-state index contributed by atoms with van der Waals surface area (Å²) in [7, 11) is 0. The molecule has 0 radical (unpaired) electrons. The van der Waals surface area contributed by atoms with Crippen molar-refractivity contribution in [3.8, 4) is 11.5 Å². The third-order valence-electron chi connectivity index (χ3n) is 5.23. The van der Waals surface area contributed by atoms with Gasteiger partial charge in [-0.05, 0) is 79.3 Å². The van der Waals surface area contributed by atoms with Crippen LogP contribution in [0.3, 0.4) is 0 Å². The topological polar surface area (TPSA) is 35.5 Å². The number of carbonyl (C=O) groups is 1. The second-order valence-electron chi connectivity index (χ2n) is 8.80. The van der Waals surface area contributed by atoms with Crippen molar-refractivity contribution in [3.05, 3.63) is 95.6 Å². The minimum absolute atomic E-state index is 0.247. The maximum absolute atomic E-state index is 12.3. The van der Waals surface area contributed by atoms with Crippen molar-refractivity contribution < 1.29 is 14.3 Å². The quantitative estimate of drug-likeness (QED) is 0.135. The highest BCUT2D eigenvalue weighted by Crippen LogP contribution is 2.35. The molecule has 0 atom stereocenters. The molecular weight excluding hydrogens is 476 g/mol. The molecule has 0 aromatic heterocycles. The number of benzene rings is 3. The molecule has 33 heavy (non-hydrogen) atoms. The van der Waals surface area contributed by atoms with Crippen molar-refractivity contribution in [2.75, 3.05) is 11.9 Å². The van der Waals surface area contributed by atoms with Crippen LogP contribution in [0.2, 0.25) is 0 Å². The third-order valence-corrected chi connectivity index (χ3v) is 5.56. The van der Waals surface area contributed by atoms with Crippen molar-refractivity contribution in [2.45, 2.75) is 34.1 Å². The summed E-state index contributed by atoms with van der Waals surface area (Å²) >= 11 is 3.40. The molecule has 0 heterocycles. The molecule has 0 saturated heterocycles. The van der Waals surface area contributed by atoms with E-state index in [1.165, 1.54) is 11.1 Å². The van der Waals surface area contributed by atoms with Gasteiger partial charge in [-0.25, -0.2) is 0 Å². The summed E-state index contributed by atoms with van der Waals surface area (Å²) in [5.74, 6) is 1.15. The molecule has 0 amide bonds. The smallest absolute Gasteiger partial charge is 0.316 e. The van der Waals surface area contributed by atoms with Gasteiger partial charge in [0, 0.05) is 5.33 Å². The van der Waals surface area contributed by atoms with Crippen molar-refractivity contribution >= 4 is 33.0 Å². The van der Waals surface area contributed by atoms with Crippen LogP contribution in [-0.2, 0) is 4.79 Å². The van der Waals surface area contributed by atoms with Gasteiger partial charge in [-0.2, -0.15) is 0 Å². The molecule has 0 spiro atoms. The molecule has 0 bridgehead atoms. The lowest BCUT2D eigenvalue weighted by molar-refractivity contribution is -0.142. The first-order valence-corrected chi connectivity index (χ1v) is 12.4. The van der Waals surface area contributed by atoms with Gasteiger partial charge < -0.3 is 9.47 Å². The highest BCUT2D eigenvalue weighted by molar-refractivity contribution is 9.09. The largest absolute Gasteiger partial charge is 0.493 e. The minimum atomic E-state index is -0.551. The van der Waals surface area contributed by atoms with Gasteiger partial charge in [0.1, 0.15) is 11.5 Å². The van der Waals surface area contributed by atoms with Crippen molar-refractivity contribution in [2.24, 2.45) is 5.41 Å². The predicted octanol–water partition coefficient (Wildman–Crippen LogP) is 7.78. The first kappa shape index (κ1) is 24.8. The number of hydrogen-bond acceptors (Lipinski definition) is 3. The Bertz CT molecular complexity index is 1080. The van der Waals surface area contributed by atoms with E-state index in [0.717, 1.165) is 34.2 Å². The normalized spacial score (nSPS) is 12.2. The summed E-state index contributed by atoms with van der Waals surface area (Å²) in [4.78, 5) is 12.3. The van der Waals surface area contributed by atoms with E-state index in [-0.39, 0.29) is 5.97 Å². The Morgan fingerprint density at radius 3 is 1.82 bits per heavy atom. The number of halogens is 1. The molecular formula is C29H31BrO3. The van der Waals surface area contributed by atoms with Crippen LogP contribution in [-0.4, -0.2) is 17.9 Å². The second kappa shape index (κ2) is 11.3. The van der Waals surface area contributed by atoms with Gasteiger partial charge >= 0.3 is 5.97 Å². The average molecular weight is 507 g/mol. The molecule has 0 N–H and O–H groups in total. The zero-order valence-corrected chi connectivity index (χ0v) is 21.3. The highest BCUT2D eigenvalue weighted by Gasteiger charge is 2.23. The number of esters is 1. The first-order chi connectivity index (χ1) is 15.8. The van der Waals surface area contributed by atoms with Gasteiger partial charge in [0.05, 0.1) is 12.0 Å². The molecule has 3 aromatic carbocycles. The Hall–Kier alpha value is -2.85. The van der Waals surface area contributed by atoms with Gasteiger partial charge in [0.15, 0.2) is 0 Å². The summed E-state index contributed by atoms with van der Waals surface area (Å²) in [6, 6.07) is 26.5. The molecule has 172 valence electrons. The molecule has 3 rings (SSSR count). The molecule has 4 heteroatoms. The van der Waals surface area contributed by atoms with Crippen LogP contribution in [0.25, 0.3) is 11.1 Å². The van der Waals surface area contributed by atoms with Gasteiger partial charge in [0.2, 0.25) is 0 Å². The minimum Gasteiger partial charge on any atom is -0.493 e. The number of ether oxygens (including phenoxy) is 2. The SMILES string of the molecule is CC/C(=C(\c1ccc(OCCBr)cc1)c1ccc(OC(=O)C(C)(C)C)cc1)c1ccccc1. The molecule has 0 aliphatic rings. The monoisotopic (exact) mass is 506 g/mol. The van der Waals surface area contributed by atoms with Gasteiger partial charge in [-0.15, -0.1) is 0 Å². The van der Waals surface area contributed by atoms with Crippen LogP contribution < -0.4 is 9.47 Å². The van der Waals surface area contributed by atoms with Crippen LogP contribution in [0, 0.1) is 5.41 Å². The van der Waals surface area contributed by atoms with Crippen LogP contribution in [0.15, 0.2) is 78.9 Å². The second-order valence-corrected chi connectivity index (χ2v) is 9.59. The lowest BCUT2D eigenvalue weighted by Crippen LogP contribution is -2.25. The van der Waals surface area contributed by atoms with Crippen LogP contribution >= 0.6 is 15.9 Å². The van der Waals surface area contributed by atoms with Crippen molar-refractivity contribution in [1.29, 1.82) is 0 Å². The van der Waals surface area contributed by atoms with E-state index in [0.29, 0.717) is 12.4 Å². The molecule has 0 aliphatic heterocycles. The zero-order chi connectivity index (χ0) is 23.8. The molecule has 3 aromatic rings. The van der Waals surface area contributed by atoms with E-state index in [4.69, 9.17) is 9.47 Å². The summed E-state index contributed by atoms with van der Waals surface area (Å²) in [6.45, 7) is 8.35. The fourth-order valence-electron chi connectivity index (χ4n) is 3.50. The first-order valence-electron chi connectivity index (χ1n) is 11.2. The molecule has 0 unspecified atom stereocenters. The van der Waals surface area contributed by atoms with Crippen LogP contribution in [0.4, 0.5) is 0 Å². The average Bonchev–Trinajstić information content (AvgIpc) is 2.82. The predicted molar refractivity (Wildman–Crippen MR) is 140 cm³/mol. The number of hydrogen-bond donors (Lipinski definition) is 0. The lowest BCUT2D eigenvalue weighted by atomic mass is 9.88. The van der Waals surface area contributed by atoms with Crippen LogP contribution in [0.1, 0.15) is 50.8 Å². The molecule has 0 saturated carbocycles. The number of carbonyl (C=O) groups excluding carboxylic acids is 1. The fraction of sp³-hybridized carbons (Fsp3) is 0.276. The summed E-state index contributed by atoms with van der Waals surface area (Å²) < 4.78 is 11.3. The number of rotatable bonds is 8. The third kappa shape index (κ3) is 6.58. The Morgan fingerprint density at radius 2 is 1.33 bits per heavy atom. The van der Waals surface area contributed by atoms with E-state index < -0.39 is 5.41 Å². The Balaban J connectivity index is 2.04. The molecule has 0 aliphatic carbocycles. The molecule has 3 nitrogen and oxygen atoms in total. The number of alkyl halides is 1. The van der Waals surface area contributed by atoms with Gasteiger partial charge in [0.25, 0.3) is 0 Å². The summed E-state index contributed by atoms with van der Waals surface area (Å²) in [5.41, 5.74) is 5.23. The van der Waals surface area contributed by atoms with Gasteiger partial charge in [-0.1, -0.05) is 77.5 Å². The lowest BCUT2D eigenvalue weighted by Gasteiger charge is -2.18. The number of allylic oxidation sites excluding steroid dienone is 1. The maximum Gasteiger partial charge on any atom is 0.316 e. The Labute approximate surface area is 205 Å². The van der Waals surface area contributed by atoms with E-state index in [1.54, 1.807) is 0 Å². The van der Waals surface area contributed by atoms with Gasteiger partial charge in [-0.3, -0.25) is 4.79 Å². The van der Waals surface area contributed by atoms with E-state index >= 15 is 0 Å². The Morgan fingerprint density at radius 1 is 0.788 bits per heavy atom. The van der Waals surface area contributed by atoms with E-state index in [1.807, 2.05) is 63.2 Å². The highest BCUT2D eigenvalue weighted by atomic mass is 79.9. The maximum atomic E-state index is 12.3. The standard InChI is InChI=1S/C29H31BrO3/c1-5-26(21-9-7-6-8-10-21)27(22-11-15-24(16-12-22)32-20-19-30)23-13-17-25(18-14-23)33-28(31)29(2,3)4/h6-18H,5,19-20H2,1-4H3/b27-26-. The van der Waals surface area contributed by atoms with Crippen LogP contribution in [0.5, 0.6) is 11.5 Å². The fourth-order valence-corrected chi connectivity index (χ4v) is 3.67. The van der Waals surface area contributed by atoms with E-state index in [9.17, 15) is 4.79 Å². The van der Waals surface area contributed by atoms with E-state index in [2.05, 4.69) is 59.3 Å². The molecule has 0 fully saturated rings. The van der Waals surface area contributed by atoms with Crippen molar-refractivity contribution in [1.82, 2.24) is 0 Å². The Kier molecular flexibility index (Phi) is 8.51. The van der Waals surface area contributed by atoms with Crippen molar-refractivity contribution in [3.63, 3.8) is 0 Å².